The van der Waals surface area contributed by atoms with Gasteiger partial charge in [-0.1, -0.05) is 53.0 Å². The lowest BCUT2D eigenvalue weighted by atomic mass is 9.91. The number of hydrogen-bond acceptors (Lipinski definition) is 3. The Labute approximate surface area is 166 Å². The lowest BCUT2D eigenvalue weighted by molar-refractivity contribution is -0.133. The highest BCUT2D eigenvalue weighted by molar-refractivity contribution is 6.36. The topological polar surface area (TPSA) is 78.5 Å². The lowest BCUT2D eigenvalue weighted by Crippen LogP contribution is -2.42. The summed E-state index contributed by atoms with van der Waals surface area (Å²) in [6, 6.07) is 11.3. The molecule has 4 amide bonds. The number of halogens is 2. The highest BCUT2D eigenvalue weighted by Crippen LogP contribution is 2.29. The first-order valence-corrected chi connectivity index (χ1v) is 8.92. The van der Waals surface area contributed by atoms with Crippen LogP contribution in [0.2, 0.25) is 10.0 Å². The Morgan fingerprint density at radius 1 is 1.15 bits per heavy atom. The highest BCUT2D eigenvalue weighted by Gasteiger charge is 2.49. The van der Waals surface area contributed by atoms with E-state index in [0.29, 0.717) is 16.3 Å². The van der Waals surface area contributed by atoms with Crippen LogP contribution in [0.15, 0.2) is 42.5 Å². The molecule has 6 nitrogen and oxygen atoms in total. The van der Waals surface area contributed by atoms with Crippen molar-refractivity contribution in [3.05, 3.63) is 63.6 Å². The molecular weight excluding hydrogens is 389 g/mol. The monoisotopic (exact) mass is 405 g/mol. The number of amides is 4. The first-order chi connectivity index (χ1) is 12.7. The van der Waals surface area contributed by atoms with Crippen LogP contribution in [-0.4, -0.2) is 29.3 Å². The normalized spacial score (nSPS) is 19.2. The number of nitrogens with zero attached hydrogens (tertiary/aromatic N) is 1. The number of carbonyl (C=O) groups excluding carboxylic acids is 3. The van der Waals surface area contributed by atoms with Crippen LogP contribution in [0, 0.1) is 6.92 Å². The molecule has 2 aromatic carbocycles. The lowest BCUT2D eigenvalue weighted by Gasteiger charge is -2.22. The van der Waals surface area contributed by atoms with E-state index in [2.05, 4.69) is 10.6 Å². The molecule has 1 aliphatic heterocycles. The summed E-state index contributed by atoms with van der Waals surface area (Å²) in [6.45, 7) is 3.12. The minimum Gasteiger partial charge on any atom is -0.323 e. The first kappa shape index (κ1) is 19.2. The molecule has 3 rings (SSSR count). The molecule has 1 aliphatic rings. The molecule has 0 unspecified atom stereocenters. The molecule has 2 aromatic rings. The van der Waals surface area contributed by atoms with Gasteiger partial charge in [-0.15, -0.1) is 0 Å². The van der Waals surface area contributed by atoms with E-state index in [1.54, 1.807) is 31.2 Å². The third-order valence-corrected chi connectivity index (χ3v) is 4.96. The maximum atomic E-state index is 12.8. The van der Waals surface area contributed by atoms with Gasteiger partial charge in [0.1, 0.15) is 12.1 Å². The number of imide groups is 1. The Bertz CT molecular complexity index is 930. The molecule has 0 saturated carbocycles. The summed E-state index contributed by atoms with van der Waals surface area (Å²) in [4.78, 5) is 38.4. The fourth-order valence-electron chi connectivity index (χ4n) is 2.85. The molecule has 1 saturated heterocycles. The molecule has 1 heterocycles. The Morgan fingerprint density at radius 2 is 1.81 bits per heavy atom. The van der Waals surface area contributed by atoms with Crippen molar-refractivity contribution in [3.8, 4) is 0 Å². The van der Waals surface area contributed by atoms with Gasteiger partial charge < -0.3 is 10.6 Å². The second-order valence-corrected chi connectivity index (χ2v) is 7.33. The molecule has 27 heavy (non-hydrogen) atoms. The molecule has 0 radical (unpaired) electrons. The number of urea groups is 1. The molecule has 0 aliphatic carbocycles. The van der Waals surface area contributed by atoms with E-state index < -0.39 is 29.9 Å². The van der Waals surface area contributed by atoms with Gasteiger partial charge in [-0.2, -0.15) is 0 Å². The van der Waals surface area contributed by atoms with Gasteiger partial charge in [0.25, 0.3) is 5.91 Å². The number of benzene rings is 2. The summed E-state index contributed by atoms with van der Waals surface area (Å²) < 4.78 is 0. The van der Waals surface area contributed by atoms with Crippen molar-refractivity contribution in [2.75, 3.05) is 11.9 Å². The van der Waals surface area contributed by atoms with Crippen molar-refractivity contribution in [1.82, 2.24) is 10.2 Å². The maximum Gasteiger partial charge on any atom is 0.325 e. The van der Waals surface area contributed by atoms with Gasteiger partial charge >= 0.3 is 6.03 Å². The summed E-state index contributed by atoms with van der Waals surface area (Å²) in [5.74, 6) is -1.04. The van der Waals surface area contributed by atoms with E-state index >= 15 is 0 Å². The third kappa shape index (κ3) is 3.77. The van der Waals surface area contributed by atoms with Gasteiger partial charge in [0, 0.05) is 5.02 Å². The van der Waals surface area contributed by atoms with Crippen LogP contribution < -0.4 is 10.6 Å². The van der Waals surface area contributed by atoms with Gasteiger partial charge in [0.15, 0.2) is 0 Å². The van der Waals surface area contributed by atoms with Gasteiger partial charge in [-0.25, -0.2) is 4.79 Å². The Kier molecular flexibility index (Phi) is 5.13. The van der Waals surface area contributed by atoms with Gasteiger partial charge in [-0.3, -0.25) is 14.5 Å². The SMILES string of the molecule is Cc1ccc([C@@]2(C)NC(=O)N(CC(=O)Nc3ccc(Cl)cc3Cl)C2=O)cc1. The Hall–Kier alpha value is -2.57. The van der Waals surface area contributed by atoms with E-state index in [-0.39, 0.29) is 5.02 Å². The molecule has 8 heteroatoms. The first-order valence-electron chi connectivity index (χ1n) is 8.17. The van der Waals surface area contributed by atoms with Crippen molar-refractivity contribution in [2.24, 2.45) is 0 Å². The summed E-state index contributed by atoms with van der Waals surface area (Å²) in [6.07, 6.45) is 0. The van der Waals surface area contributed by atoms with Crippen molar-refractivity contribution in [3.63, 3.8) is 0 Å². The predicted octanol–water partition coefficient (Wildman–Crippen LogP) is 3.71. The van der Waals surface area contributed by atoms with Crippen LogP contribution >= 0.6 is 23.2 Å². The molecule has 0 spiro atoms. The number of aryl methyl sites for hydroxylation is 1. The fraction of sp³-hybridized carbons (Fsp3) is 0.211. The molecule has 1 fully saturated rings. The zero-order valence-electron chi connectivity index (χ0n) is 14.7. The number of rotatable bonds is 4. The smallest absolute Gasteiger partial charge is 0.323 e. The van der Waals surface area contributed by atoms with Crippen LogP contribution in [0.25, 0.3) is 0 Å². The van der Waals surface area contributed by atoms with Crippen molar-refractivity contribution < 1.29 is 14.4 Å². The molecular formula is C19H17Cl2N3O3. The maximum absolute atomic E-state index is 12.8. The molecule has 140 valence electrons. The van der Waals surface area contributed by atoms with E-state index in [1.807, 2.05) is 19.1 Å². The third-order valence-electron chi connectivity index (χ3n) is 4.41. The summed E-state index contributed by atoms with van der Waals surface area (Å²) in [5.41, 5.74) is 0.813. The largest absolute Gasteiger partial charge is 0.325 e. The zero-order valence-corrected chi connectivity index (χ0v) is 16.2. The van der Waals surface area contributed by atoms with E-state index in [9.17, 15) is 14.4 Å². The average Bonchev–Trinajstić information content (AvgIpc) is 2.82. The summed E-state index contributed by atoms with van der Waals surface area (Å²) >= 11 is 11.9. The van der Waals surface area contributed by atoms with Crippen LogP contribution in [0.3, 0.4) is 0 Å². The van der Waals surface area contributed by atoms with Crippen LogP contribution in [0.1, 0.15) is 18.1 Å². The number of nitrogens with one attached hydrogen (secondary N) is 2. The van der Waals surface area contributed by atoms with Gasteiger partial charge in [-0.05, 0) is 37.6 Å². The van der Waals surface area contributed by atoms with Gasteiger partial charge in [0.2, 0.25) is 5.91 Å². The minimum absolute atomic E-state index is 0.262. The average molecular weight is 406 g/mol. The predicted molar refractivity (Wildman–Crippen MR) is 104 cm³/mol. The number of anilines is 1. The van der Waals surface area contributed by atoms with Crippen LogP contribution in [-0.2, 0) is 15.1 Å². The van der Waals surface area contributed by atoms with Gasteiger partial charge in [0.05, 0.1) is 10.7 Å². The fourth-order valence-corrected chi connectivity index (χ4v) is 3.30. The van der Waals surface area contributed by atoms with E-state index in [1.165, 1.54) is 6.07 Å². The molecule has 0 aromatic heterocycles. The molecule has 0 bridgehead atoms. The summed E-state index contributed by atoms with van der Waals surface area (Å²) in [5, 5.41) is 5.94. The molecule has 1 atom stereocenters. The zero-order chi connectivity index (χ0) is 19.8. The quantitative estimate of drug-likeness (QED) is 0.760. The van der Waals surface area contributed by atoms with Crippen LogP contribution in [0.4, 0.5) is 10.5 Å². The number of hydrogen-bond donors (Lipinski definition) is 2. The highest BCUT2D eigenvalue weighted by atomic mass is 35.5. The second-order valence-electron chi connectivity index (χ2n) is 6.48. The van der Waals surface area contributed by atoms with E-state index in [0.717, 1.165) is 10.5 Å². The Morgan fingerprint density at radius 3 is 2.44 bits per heavy atom. The van der Waals surface area contributed by atoms with Crippen molar-refractivity contribution in [2.45, 2.75) is 19.4 Å². The second kappa shape index (κ2) is 7.21. The Balaban J connectivity index is 1.75. The number of carbonyl (C=O) groups is 3. The minimum atomic E-state index is -1.22. The van der Waals surface area contributed by atoms with Crippen molar-refractivity contribution in [1.29, 1.82) is 0 Å². The standard InChI is InChI=1S/C19H17Cl2N3O3/c1-11-3-5-12(6-4-11)19(2)17(26)24(18(27)23-19)10-16(25)22-15-8-7-13(20)9-14(15)21/h3-9H,10H2,1-2H3,(H,22,25)(H,23,27)/t19-/m1/s1. The molecule has 2 N–H and O–H groups in total. The van der Waals surface area contributed by atoms with Crippen LogP contribution in [0.5, 0.6) is 0 Å². The van der Waals surface area contributed by atoms with Crippen molar-refractivity contribution >= 4 is 46.7 Å². The summed E-state index contributed by atoms with van der Waals surface area (Å²) in [7, 11) is 0. The van der Waals surface area contributed by atoms with E-state index in [4.69, 9.17) is 23.2 Å².